The van der Waals surface area contributed by atoms with Gasteiger partial charge in [-0.3, -0.25) is 4.79 Å². The molecular weight excluding hydrogens is 315 g/mol. The van der Waals surface area contributed by atoms with Gasteiger partial charge in [0.15, 0.2) is 0 Å². The molecule has 1 N–H and O–H groups in total. The van der Waals surface area contributed by atoms with Crippen LogP contribution in [0.4, 0.5) is 4.39 Å². The Balaban J connectivity index is 1.41. The molecule has 25 heavy (non-hydrogen) atoms. The Morgan fingerprint density at radius 3 is 2.44 bits per heavy atom. The highest BCUT2D eigenvalue weighted by Gasteiger charge is 2.50. The number of halogens is 1. The van der Waals surface area contributed by atoms with E-state index in [4.69, 9.17) is 0 Å². The lowest BCUT2D eigenvalue weighted by molar-refractivity contribution is -0.123. The topological polar surface area (TPSA) is 32.3 Å². The average Bonchev–Trinajstić information content (AvgIpc) is 3.42. The van der Waals surface area contributed by atoms with Gasteiger partial charge in [0, 0.05) is 13.1 Å². The fraction of sp³-hybridized carbons (Fsp3) is 0.381. The van der Waals surface area contributed by atoms with Crippen LogP contribution in [0.1, 0.15) is 30.4 Å². The Morgan fingerprint density at radius 1 is 1.12 bits per heavy atom. The van der Waals surface area contributed by atoms with Crippen LogP contribution in [0.3, 0.4) is 0 Å². The van der Waals surface area contributed by atoms with E-state index in [1.54, 1.807) is 12.1 Å². The minimum atomic E-state index is -0.427. The summed E-state index contributed by atoms with van der Waals surface area (Å²) in [7, 11) is 2.09. The highest BCUT2D eigenvalue weighted by Crippen LogP contribution is 2.48. The third-order valence-electron chi connectivity index (χ3n) is 4.88. The summed E-state index contributed by atoms with van der Waals surface area (Å²) >= 11 is 0. The van der Waals surface area contributed by atoms with Gasteiger partial charge in [-0.05, 0) is 56.1 Å². The first-order valence-corrected chi connectivity index (χ1v) is 8.87. The lowest BCUT2D eigenvalue weighted by Crippen LogP contribution is -2.36. The van der Waals surface area contributed by atoms with Crippen molar-refractivity contribution in [2.45, 2.75) is 31.2 Å². The molecular formula is C21H25FN2O. The van der Waals surface area contributed by atoms with Gasteiger partial charge in [0.1, 0.15) is 5.82 Å². The minimum absolute atomic E-state index is 0.0739. The Bertz CT molecular complexity index is 696. The Morgan fingerprint density at radius 2 is 1.80 bits per heavy atom. The Kier molecular flexibility index (Phi) is 5.49. The van der Waals surface area contributed by atoms with Crippen molar-refractivity contribution in [1.29, 1.82) is 0 Å². The van der Waals surface area contributed by atoms with E-state index in [-0.39, 0.29) is 11.7 Å². The molecule has 4 heteroatoms. The van der Waals surface area contributed by atoms with E-state index < -0.39 is 5.41 Å². The van der Waals surface area contributed by atoms with Crippen molar-refractivity contribution in [3.8, 4) is 0 Å². The first-order valence-electron chi connectivity index (χ1n) is 8.87. The predicted molar refractivity (Wildman–Crippen MR) is 97.7 cm³/mol. The molecule has 0 heterocycles. The van der Waals surface area contributed by atoms with Gasteiger partial charge in [-0.1, -0.05) is 42.5 Å². The third kappa shape index (κ3) is 4.45. The van der Waals surface area contributed by atoms with Crippen LogP contribution in [-0.4, -0.2) is 30.9 Å². The molecule has 0 unspecified atom stereocenters. The number of amides is 1. The van der Waals surface area contributed by atoms with Crippen LogP contribution in [0.5, 0.6) is 0 Å². The number of hydrogen-bond acceptors (Lipinski definition) is 2. The first kappa shape index (κ1) is 17.6. The summed E-state index contributed by atoms with van der Waals surface area (Å²) in [6.45, 7) is 2.51. The molecule has 1 saturated carbocycles. The van der Waals surface area contributed by atoms with Crippen molar-refractivity contribution >= 4 is 5.91 Å². The first-order chi connectivity index (χ1) is 12.1. The molecule has 0 saturated heterocycles. The largest absolute Gasteiger partial charge is 0.355 e. The summed E-state index contributed by atoms with van der Waals surface area (Å²) in [5.41, 5.74) is 1.79. The summed E-state index contributed by atoms with van der Waals surface area (Å²) in [4.78, 5) is 14.8. The van der Waals surface area contributed by atoms with Gasteiger partial charge < -0.3 is 10.2 Å². The maximum atomic E-state index is 13.1. The molecule has 0 aromatic heterocycles. The zero-order valence-electron chi connectivity index (χ0n) is 14.7. The molecule has 132 valence electrons. The number of carbonyl (C=O) groups excluding carboxylic acids is 1. The van der Waals surface area contributed by atoms with Gasteiger partial charge in [-0.25, -0.2) is 4.39 Å². The molecule has 0 atom stereocenters. The summed E-state index contributed by atoms with van der Waals surface area (Å²) in [5.74, 6) is -0.189. The van der Waals surface area contributed by atoms with E-state index in [9.17, 15) is 9.18 Å². The molecule has 0 radical (unpaired) electrons. The van der Waals surface area contributed by atoms with Crippen LogP contribution < -0.4 is 5.32 Å². The second-order valence-electron chi connectivity index (χ2n) is 6.92. The number of hydrogen-bond donors (Lipinski definition) is 1. The van der Waals surface area contributed by atoms with Gasteiger partial charge >= 0.3 is 0 Å². The van der Waals surface area contributed by atoms with Crippen LogP contribution >= 0.6 is 0 Å². The van der Waals surface area contributed by atoms with E-state index in [0.29, 0.717) is 6.54 Å². The molecule has 0 bridgehead atoms. The molecule has 0 aliphatic heterocycles. The van der Waals surface area contributed by atoms with Crippen LogP contribution in [0.2, 0.25) is 0 Å². The van der Waals surface area contributed by atoms with Crippen molar-refractivity contribution in [3.63, 3.8) is 0 Å². The monoisotopic (exact) mass is 340 g/mol. The van der Waals surface area contributed by atoms with Crippen molar-refractivity contribution in [3.05, 3.63) is 71.5 Å². The number of nitrogens with one attached hydrogen (secondary N) is 1. The van der Waals surface area contributed by atoms with Gasteiger partial charge in [0.25, 0.3) is 0 Å². The van der Waals surface area contributed by atoms with E-state index in [1.165, 1.54) is 17.7 Å². The maximum Gasteiger partial charge on any atom is 0.230 e. The smallest absolute Gasteiger partial charge is 0.230 e. The van der Waals surface area contributed by atoms with Crippen LogP contribution in [0.25, 0.3) is 0 Å². The molecule has 2 aromatic rings. The Labute approximate surface area is 148 Å². The molecule has 0 spiro atoms. The minimum Gasteiger partial charge on any atom is -0.355 e. The predicted octanol–water partition coefficient (Wildman–Crippen LogP) is 3.50. The summed E-state index contributed by atoms with van der Waals surface area (Å²) in [6.07, 6.45) is 2.60. The van der Waals surface area contributed by atoms with E-state index in [2.05, 4.69) is 29.4 Å². The second kappa shape index (κ2) is 7.79. The summed E-state index contributed by atoms with van der Waals surface area (Å²) < 4.78 is 13.1. The van der Waals surface area contributed by atoms with E-state index in [1.807, 2.05) is 18.2 Å². The molecule has 3 rings (SSSR count). The van der Waals surface area contributed by atoms with Crippen LogP contribution in [0, 0.1) is 5.82 Å². The number of carbonyl (C=O) groups is 1. The van der Waals surface area contributed by atoms with E-state index in [0.717, 1.165) is 37.9 Å². The molecule has 1 aliphatic rings. The van der Waals surface area contributed by atoms with Gasteiger partial charge in [0.2, 0.25) is 5.91 Å². The molecule has 3 nitrogen and oxygen atoms in total. The van der Waals surface area contributed by atoms with Crippen molar-refractivity contribution in [2.75, 3.05) is 20.1 Å². The zero-order chi connectivity index (χ0) is 17.7. The normalized spacial score (nSPS) is 15.2. The third-order valence-corrected chi connectivity index (χ3v) is 4.88. The average molecular weight is 340 g/mol. The molecule has 1 amide bonds. The lowest BCUT2D eigenvalue weighted by atomic mass is 9.95. The number of nitrogens with zero attached hydrogens (tertiary/aromatic N) is 1. The van der Waals surface area contributed by atoms with Gasteiger partial charge in [-0.15, -0.1) is 0 Å². The van der Waals surface area contributed by atoms with Crippen molar-refractivity contribution < 1.29 is 9.18 Å². The van der Waals surface area contributed by atoms with Crippen LogP contribution in [0.15, 0.2) is 54.6 Å². The highest BCUT2D eigenvalue weighted by molar-refractivity contribution is 5.91. The van der Waals surface area contributed by atoms with Gasteiger partial charge in [-0.2, -0.15) is 0 Å². The second-order valence-corrected chi connectivity index (χ2v) is 6.92. The Hall–Kier alpha value is -2.20. The van der Waals surface area contributed by atoms with Crippen molar-refractivity contribution in [1.82, 2.24) is 10.2 Å². The molecule has 1 fully saturated rings. The molecule has 1 aliphatic carbocycles. The number of benzene rings is 2. The standard InChI is InChI=1S/C21H25FN2O/c1-24(16-17-6-3-2-4-7-17)15-5-14-23-20(25)21(12-13-21)18-8-10-19(22)11-9-18/h2-4,6-11H,5,12-16H2,1H3,(H,23,25). The highest BCUT2D eigenvalue weighted by atomic mass is 19.1. The SMILES string of the molecule is CN(CCCNC(=O)C1(c2ccc(F)cc2)CC1)Cc1ccccc1. The van der Waals surface area contributed by atoms with Crippen molar-refractivity contribution in [2.24, 2.45) is 0 Å². The quantitative estimate of drug-likeness (QED) is 0.746. The summed E-state index contributed by atoms with van der Waals surface area (Å²) in [6, 6.07) is 16.7. The maximum absolute atomic E-state index is 13.1. The lowest BCUT2D eigenvalue weighted by Gasteiger charge is -2.18. The summed E-state index contributed by atoms with van der Waals surface area (Å²) in [5, 5.41) is 3.06. The van der Waals surface area contributed by atoms with E-state index >= 15 is 0 Å². The zero-order valence-corrected chi connectivity index (χ0v) is 14.7. The molecule has 2 aromatic carbocycles. The fourth-order valence-corrected chi connectivity index (χ4v) is 3.23. The van der Waals surface area contributed by atoms with Gasteiger partial charge in [0.05, 0.1) is 5.41 Å². The van der Waals surface area contributed by atoms with Crippen LogP contribution in [-0.2, 0) is 16.8 Å². The number of rotatable bonds is 8. The fourth-order valence-electron chi connectivity index (χ4n) is 3.23.